The number of hydrogen-bond acceptors (Lipinski definition) is 4. The molecule has 1 rings (SSSR count). The lowest BCUT2D eigenvalue weighted by molar-refractivity contribution is 0.140. The van der Waals surface area contributed by atoms with Crippen molar-refractivity contribution in [3.8, 4) is 6.01 Å². The molecule has 1 aromatic rings. The normalized spacial score (nSPS) is 10.7. The first-order valence-electron chi connectivity index (χ1n) is 4.79. The second-order valence-corrected chi connectivity index (χ2v) is 3.38. The molecule has 1 heterocycles. The zero-order valence-corrected chi connectivity index (χ0v) is 9.16. The first-order valence-corrected chi connectivity index (χ1v) is 4.79. The Morgan fingerprint density at radius 2 is 2.13 bits per heavy atom. The van der Waals surface area contributed by atoms with E-state index in [2.05, 4.69) is 9.97 Å². The van der Waals surface area contributed by atoms with Crippen LogP contribution in [0.3, 0.4) is 0 Å². The van der Waals surface area contributed by atoms with Crippen LogP contribution in [0.5, 0.6) is 6.01 Å². The third-order valence-electron chi connectivity index (χ3n) is 1.81. The maximum absolute atomic E-state index is 13.2. The van der Waals surface area contributed by atoms with Gasteiger partial charge in [-0.2, -0.15) is 4.98 Å². The van der Waals surface area contributed by atoms with Crippen LogP contribution in [-0.2, 0) is 4.74 Å². The van der Waals surface area contributed by atoms with E-state index in [1.165, 1.54) is 0 Å². The number of nitrogens with zero attached hydrogens (tertiary/aromatic N) is 2. The van der Waals surface area contributed by atoms with Crippen LogP contribution < -0.4 is 4.74 Å². The smallest absolute Gasteiger partial charge is 0.316 e. The van der Waals surface area contributed by atoms with Gasteiger partial charge < -0.3 is 9.47 Å². The summed E-state index contributed by atoms with van der Waals surface area (Å²) in [5.41, 5.74) is 0.373. The minimum atomic E-state index is -0.399. The van der Waals surface area contributed by atoms with Gasteiger partial charge in [-0.1, -0.05) is 13.8 Å². The van der Waals surface area contributed by atoms with Crippen LogP contribution >= 0.6 is 0 Å². The molecule has 0 atom stereocenters. The largest absolute Gasteiger partial charge is 0.461 e. The zero-order valence-electron chi connectivity index (χ0n) is 9.16. The van der Waals surface area contributed by atoms with Gasteiger partial charge in [0.1, 0.15) is 6.61 Å². The molecule has 84 valence electrons. The average molecular weight is 214 g/mol. The topological polar surface area (TPSA) is 44.2 Å². The van der Waals surface area contributed by atoms with Crippen LogP contribution in [0.25, 0.3) is 0 Å². The molecule has 0 aliphatic rings. The third kappa shape index (κ3) is 3.43. The molecule has 4 nitrogen and oxygen atoms in total. The van der Waals surface area contributed by atoms with Gasteiger partial charge in [0.25, 0.3) is 0 Å². The van der Waals surface area contributed by atoms with E-state index in [4.69, 9.17) is 9.47 Å². The van der Waals surface area contributed by atoms with Crippen LogP contribution in [0, 0.1) is 5.82 Å². The van der Waals surface area contributed by atoms with Crippen molar-refractivity contribution in [3.05, 3.63) is 17.7 Å². The maximum atomic E-state index is 13.2. The molecule has 0 saturated carbocycles. The number of hydrogen-bond donors (Lipinski definition) is 0. The second-order valence-electron chi connectivity index (χ2n) is 3.38. The Bertz CT molecular complexity index is 318. The van der Waals surface area contributed by atoms with E-state index in [0.29, 0.717) is 18.9 Å². The maximum Gasteiger partial charge on any atom is 0.316 e. The van der Waals surface area contributed by atoms with Gasteiger partial charge in [0.2, 0.25) is 0 Å². The van der Waals surface area contributed by atoms with Gasteiger partial charge in [-0.25, -0.2) is 9.37 Å². The van der Waals surface area contributed by atoms with E-state index < -0.39 is 5.82 Å². The Morgan fingerprint density at radius 3 is 2.73 bits per heavy atom. The Hall–Kier alpha value is -1.23. The summed E-state index contributed by atoms with van der Waals surface area (Å²) in [6.45, 7) is 4.55. The molecule has 15 heavy (non-hydrogen) atoms. The van der Waals surface area contributed by atoms with Crippen molar-refractivity contribution >= 4 is 0 Å². The minimum absolute atomic E-state index is 0.0118. The number of halogens is 1. The van der Waals surface area contributed by atoms with Crippen LogP contribution in [-0.4, -0.2) is 30.3 Å². The van der Waals surface area contributed by atoms with Crippen molar-refractivity contribution in [2.45, 2.75) is 19.8 Å². The summed E-state index contributed by atoms with van der Waals surface area (Å²) in [5, 5.41) is 0. The van der Waals surface area contributed by atoms with Gasteiger partial charge in [0.15, 0.2) is 5.82 Å². The van der Waals surface area contributed by atoms with Gasteiger partial charge >= 0.3 is 6.01 Å². The first-order chi connectivity index (χ1) is 7.15. The van der Waals surface area contributed by atoms with Crippen molar-refractivity contribution in [3.63, 3.8) is 0 Å². The summed E-state index contributed by atoms with van der Waals surface area (Å²) in [4.78, 5) is 7.71. The molecule has 0 amide bonds. The summed E-state index contributed by atoms with van der Waals surface area (Å²) in [7, 11) is 1.58. The predicted octanol–water partition coefficient (Wildman–Crippen LogP) is 1.76. The molecular weight excluding hydrogens is 199 g/mol. The van der Waals surface area contributed by atoms with E-state index in [1.807, 2.05) is 13.8 Å². The third-order valence-corrected chi connectivity index (χ3v) is 1.81. The van der Waals surface area contributed by atoms with Crippen molar-refractivity contribution in [1.82, 2.24) is 9.97 Å². The summed E-state index contributed by atoms with van der Waals surface area (Å²) in [5.74, 6) is -0.387. The lowest BCUT2D eigenvalue weighted by Crippen LogP contribution is -2.09. The van der Waals surface area contributed by atoms with Gasteiger partial charge in [-0.15, -0.1) is 0 Å². The molecule has 0 N–H and O–H groups in total. The highest BCUT2D eigenvalue weighted by atomic mass is 19.1. The number of methoxy groups -OCH3 is 1. The number of rotatable bonds is 5. The standard InChI is InChI=1S/C10H15FN2O2/c1-7(2)9-8(11)6-12-10(13-9)15-5-4-14-3/h6-7H,4-5H2,1-3H3. The van der Waals surface area contributed by atoms with Crippen molar-refractivity contribution in [1.29, 1.82) is 0 Å². The molecule has 0 fully saturated rings. The Balaban J connectivity index is 2.70. The van der Waals surface area contributed by atoms with Crippen molar-refractivity contribution in [2.75, 3.05) is 20.3 Å². The monoisotopic (exact) mass is 214 g/mol. The molecular formula is C10H15FN2O2. The molecule has 0 saturated heterocycles. The first kappa shape index (κ1) is 11.8. The van der Waals surface area contributed by atoms with Crippen LogP contribution in [0.2, 0.25) is 0 Å². The summed E-state index contributed by atoms with van der Waals surface area (Å²) < 4.78 is 23.2. The fourth-order valence-corrected chi connectivity index (χ4v) is 1.05. The predicted molar refractivity (Wildman–Crippen MR) is 53.5 cm³/mol. The average Bonchev–Trinajstić information content (AvgIpc) is 2.20. The molecule has 0 aliphatic heterocycles. The van der Waals surface area contributed by atoms with E-state index in [0.717, 1.165) is 6.20 Å². The molecule has 0 unspecified atom stereocenters. The zero-order chi connectivity index (χ0) is 11.3. The van der Waals surface area contributed by atoms with Gasteiger partial charge in [0.05, 0.1) is 18.5 Å². The second kappa shape index (κ2) is 5.60. The van der Waals surface area contributed by atoms with E-state index in [9.17, 15) is 4.39 Å². The van der Waals surface area contributed by atoms with Crippen molar-refractivity contribution < 1.29 is 13.9 Å². The van der Waals surface area contributed by atoms with E-state index in [-0.39, 0.29) is 11.9 Å². The lowest BCUT2D eigenvalue weighted by atomic mass is 10.1. The fourth-order valence-electron chi connectivity index (χ4n) is 1.05. The molecule has 0 aliphatic carbocycles. The van der Waals surface area contributed by atoms with Gasteiger partial charge in [0, 0.05) is 7.11 Å². The number of ether oxygens (including phenoxy) is 2. The molecule has 0 bridgehead atoms. The molecule has 5 heteroatoms. The van der Waals surface area contributed by atoms with Crippen LogP contribution in [0.1, 0.15) is 25.5 Å². The Kier molecular flexibility index (Phi) is 4.42. The van der Waals surface area contributed by atoms with Gasteiger partial charge in [-0.05, 0) is 5.92 Å². The minimum Gasteiger partial charge on any atom is -0.461 e. The summed E-state index contributed by atoms with van der Waals surface area (Å²) in [6.07, 6.45) is 1.13. The highest BCUT2D eigenvalue weighted by Gasteiger charge is 2.10. The number of aromatic nitrogens is 2. The van der Waals surface area contributed by atoms with Crippen LogP contribution in [0.15, 0.2) is 6.20 Å². The fraction of sp³-hybridized carbons (Fsp3) is 0.600. The Morgan fingerprint density at radius 1 is 1.40 bits per heavy atom. The molecule has 0 spiro atoms. The van der Waals surface area contributed by atoms with Crippen LogP contribution in [0.4, 0.5) is 4.39 Å². The van der Waals surface area contributed by atoms with E-state index >= 15 is 0 Å². The van der Waals surface area contributed by atoms with Crippen molar-refractivity contribution in [2.24, 2.45) is 0 Å². The highest BCUT2D eigenvalue weighted by molar-refractivity contribution is 5.11. The molecule has 0 aromatic carbocycles. The summed E-state index contributed by atoms with van der Waals surface area (Å²) in [6, 6.07) is 0.192. The Labute approximate surface area is 88.5 Å². The highest BCUT2D eigenvalue weighted by Crippen LogP contribution is 2.17. The van der Waals surface area contributed by atoms with E-state index in [1.54, 1.807) is 7.11 Å². The summed E-state index contributed by atoms with van der Waals surface area (Å²) >= 11 is 0. The molecule has 0 radical (unpaired) electrons. The van der Waals surface area contributed by atoms with Gasteiger partial charge in [-0.3, -0.25) is 0 Å². The lowest BCUT2D eigenvalue weighted by Gasteiger charge is -2.08. The SMILES string of the molecule is COCCOc1ncc(F)c(C(C)C)n1. The molecule has 1 aromatic heterocycles. The quantitative estimate of drug-likeness (QED) is 0.700.